The maximum absolute atomic E-state index is 12.2. The lowest BCUT2D eigenvalue weighted by Crippen LogP contribution is -1.97. The number of benzene rings is 2. The Bertz CT molecular complexity index is 1100. The molecule has 1 aromatic heterocycles. The van der Waals surface area contributed by atoms with Gasteiger partial charge >= 0.3 is 0 Å². The lowest BCUT2D eigenvalue weighted by molar-refractivity contribution is 0.129. The molecular weight excluding hydrogens is 472 g/mol. The summed E-state index contributed by atoms with van der Waals surface area (Å²) in [4.78, 5) is 4.83. The summed E-state index contributed by atoms with van der Waals surface area (Å²) in [6.07, 6.45) is 3.01. The zero-order valence-electron chi connectivity index (χ0n) is 18.0. The number of halogens is 3. The predicted molar refractivity (Wildman–Crippen MR) is 126 cm³/mol. The zero-order chi connectivity index (χ0) is 23.6. The van der Waals surface area contributed by atoms with E-state index in [0.29, 0.717) is 40.1 Å². The number of alkyl halides is 1. The standard InChI is InChI=1S/C23H22Cl2FN3O4/c1-16-21(15-27-31-14-12-26)23(29(2)28-16)33-20-9-7-19(8-10-20)32-18-5-3-17(4-6-18)30-13-11-22(24)25/h3-11,15H,12-14H2,1-2H3. The molecule has 0 radical (unpaired) electrons. The molecule has 0 atom stereocenters. The molecule has 0 aliphatic rings. The first-order valence-electron chi connectivity index (χ1n) is 9.91. The summed E-state index contributed by atoms with van der Waals surface area (Å²) in [7, 11) is 1.76. The molecule has 0 fully saturated rings. The van der Waals surface area contributed by atoms with Gasteiger partial charge in [-0.25, -0.2) is 9.07 Å². The number of nitrogens with zero attached hydrogens (tertiary/aromatic N) is 3. The maximum atomic E-state index is 12.2. The third-order valence-electron chi connectivity index (χ3n) is 4.22. The molecule has 3 rings (SSSR count). The van der Waals surface area contributed by atoms with Crippen LogP contribution in [-0.4, -0.2) is 35.9 Å². The number of rotatable bonds is 11. The minimum Gasteiger partial charge on any atom is -0.489 e. The number of aromatic nitrogens is 2. The Morgan fingerprint density at radius 3 is 2.15 bits per heavy atom. The van der Waals surface area contributed by atoms with Gasteiger partial charge in [-0.3, -0.25) is 0 Å². The van der Waals surface area contributed by atoms with Gasteiger partial charge in [-0.2, -0.15) is 5.10 Å². The van der Waals surface area contributed by atoms with Gasteiger partial charge in [0.05, 0.1) is 17.5 Å². The molecule has 7 nitrogen and oxygen atoms in total. The van der Waals surface area contributed by atoms with Gasteiger partial charge in [0.25, 0.3) is 0 Å². The molecule has 0 bridgehead atoms. The lowest BCUT2D eigenvalue weighted by atomic mass is 10.2. The van der Waals surface area contributed by atoms with Crippen LogP contribution in [-0.2, 0) is 11.9 Å². The molecule has 0 N–H and O–H groups in total. The summed E-state index contributed by atoms with van der Waals surface area (Å²) >= 11 is 11.1. The molecule has 0 aliphatic carbocycles. The van der Waals surface area contributed by atoms with E-state index >= 15 is 0 Å². The summed E-state index contributed by atoms with van der Waals surface area (Å²) in [5, 5.41) is 8.09. The average Bonchev–Trinajstić information content (AvgIpc) is 3.06. The Hall–Kier alpha value is -3.23. The van der Waals surface area contributed by atoms with Crippen molar-refractivity contribution in [3.63, 3.8) is 0 Å². The van der Waals surface area contributed by atoms with Gasteiger partial charge in [-0.1, -0.05) is 28.4 Å². The number of hydrogen-bond donors (Lipinski definition) is 0. The van der Waals surface area contributed by atoms with Crippen LogP contribution in [0.15, 0.2) is 64.3 Å². The van der Waals surface area contributed by atoms with Crippen LogP contribution in [0.2, 0.25) is 0 Å². The van der Waals surface area contributed by atoms with E-state index in [2.05, 4.69) is 10.3 Å². The van der Waals surface area contributed by atoms with Crippen LogP contribution in [0.5, 0.6) is 28.9 Å². The first kappa shape index (κ1) is 24.4. The third-order valence-corrected chi connectivity index (χ3v) is 4.53. The molecule has 0 spiro atoms. The van der Waals surface area contributed by atoms with Crippen molar-refractivity contribution in [2.45, 2.75) is 6.92 Å². The number of aryl methyl sites for hydroxylation is 2. The Kier molecular flexibility index (Phi) is 8.97. The van der Waals surface area contributed by atoms with E-state index in [1.165, 1.54) is 6.21 Å². The second-order valence-electron chi connectivity index (χ2n) is 6.64. The molecule has 0 aliphatic heterocycles. The van der Waals surface area contributed by atoms with Crippen LogP contribution in [0.3, 0.4) is 0 Å². The van der Waals surface area contributed by atoms with Crippen LogP contribution in [0, 0.1) is 6.92 Å². The van der Waals surface area contributed by atoms with E-state index in [4.69, 9.17) is 42.3 Å². The highest BCUT2D eigenvalue weighted by molar-refractivity contribution is 6.55. The highest BCUT2D eigenvalue weighted by Gasteiger charge is 2.14. The summed E-state index contributed by atoms with van der Waals surface area (Å²) in [6.45, 7) is 1.38. The van der Waals surface area contributed by atoms with E-state index in [1.54, 1.807) is 66.3 Å². The molecule has 0 saturated heterocycles. The fourth-order valence-corrected chi connectivity index (χ4v) is 2.85. The van der Waals surface area contributed by atoms with Crippen molar-refractivity contribution >= 4 is 29.4 Å². The fourth-order valence-electron chi connectivity index (χ4n) is 2.73. The molecular formula is C23H22Cl2FN3O4. The molecule has 0 amide bonds. The van der Waals surface area contributed by atoms with Gasteiger partial charge < -0.3 is 19.0 Å². The van der Waals surface area contributed by atoms with E-state index in [-0.39, 0.29) is 17.7 Å². The average molecular weight is 494 g/mol. The van der Waals surface area contributed by atoms with Crippen LogP contribution in [0.1, 0.15) is 11.3 Å². The second-order valence-corrected chi connectivity index (χ2v) is 7.64. The Labute approximate surface area is 200 Å². The van der Waals surface area contributed by atoms with Gasteiger partial charge in [0, 0.05) is 7.05 Å². The number of ether oxygens (including phenoxy) is 3. The van der Waals surface area contributed by atoms with E-state index in [1.807, 2.05) is 6.92 Å². The molecule has 0 saturated carbocycles. The van der Waals surface area contributed by atoms with Gasteiger partial charge in [0.1, 0.15) is 47.4 Å². The van der Waals surface area contributed by atoms with Crippen molar-refractivity contribution in [3.05, 3.63) is 70.4 Å². The van der Waals surface area contributed by atoms with Crippen LogP contribution < -0.4 is 14.2 Å². The van der Waals surface area contributed by atoms with Crippen molar-refractivity contribution in [1.82, 2.24) is 9.78 Å². The van der Waals surface area contributed by atoms with Gasteiger partial charge in [-0.05, 0) is 61.5 Å². The first-order valence-corrected chi connectivity index (χ1v) is 10.7. The normalized spacial score (nSPS) is 10.8. The van der Waals surface area contributed by atoms with Crippen LogP contribution in [0.4, 0.5) is 4.39 Å². The topological polar surface area (TPSA) is 67.1 Å². The molecule has 10 heteroatoms. The fraction of sp³-hybridized carbons (Fsp3) is 0.217. The Morgan fingerprint density at radius 1 is 1.00 bits per heavy atom. The van der Waals surface area contributed by atoms with E-state index in [0.717, 1.165) is 0 Å². The van der Waals surface area contributed by atoms with Gasteiger partial charge in [-0.15, -0.1) is 0 Å². The highest BCUT2D eigenvalue weighted by atomic mass is 35.5. The molecule has 33 heavy (non-hydrogen) atoms. The summed E-state index contributed by atoms with van der Waals surface area (Å²) < 4.78 is 31.2. The van der Waals surface area contributed by atoms with E-state index < -0.39 is 6.67 Å². The maximum Gasteiger partial charge on any atom is 0.226 e. The van der Waals surface area contributed by atoms with Crippen LogP contribution >= 0.6 is 23.2 Å². The minimum atomic E-state index is -0.611. The first-order chi connectivity index (χ1) is 16.0. The molecule has 2 aromatic carbocycles. The van der Waals surface area contributed by atoms with Crippen molar-refractivity contribution in [2.75, 3.05) is 19.9 Å². The Morgan fingerprint density at radius 2 is 1.58 bits per heavy atom. The smallest absolute Gasteiger partial charge is 0.226 e. The second kappa shape index (κ2) is 12.1. The van der Waals surface area contributed by atoms with Crippen molar-refractivity contribution in [3.8, 4) is 28.9 Å². The molecule has 1 heterocycles. The third kappa shape index (κ3) is 7.40. The largest absolute Gasteiger partial charge is 0.489 e. The number of hydrogen-bond acceptors (Lipinski definition) is 6. The van der Waals surface area contributed by atoms with E-state index in [9.17, 15) is 4.39 Å². The summed E-state index contributed by atoms with van der Waals surface area (Å²) in [5.74, 6) is 3.01. The summed E-state index contributed by atoms with van der Waals surface area (Å²) in [6, 6.07) is 14.3. The lowest BCUT2D eigenvalue weighted by Gasteiger charge is -2.10. The minimum absolute atomic E-state index is 0.108. The zero-order valence-corrected chi connectivity index (χ0v) is 19.5. The predicted octanol–water partition coefficient (Wildman–Crippen LogP) is 6.33. The SMILES string of the molecule is Cc1nn(C)c(Oc2ccc(Oc3ccc(OCC=C(Cl)Cl)cc3)cc2)c1C=NOCCF. The van der Waals surface area contributed by atoms with Gasteiger partial charge in [0.2, 0.25) is 5.88 Å². The van der Waals surface area contributed by atoms with Gasteiger partial charge in [0.15, 0.2) is 0 Å². The molecule has 3 aromatic rings. The highest BCUT2D eigenvalue weighted by Crippen LogP contribution is 2.29. The quantitative estimate of drug-likeness (QED) is 0.177. The van der Waals surface area contributed by atoms with Crippen molar-refractivity contribution in [1.29, 1.82) is 0 Å². The van der Waals surface area contributed by atoms with Crippen molar-refractivity contribution < 1.29 is 23.4 Å². The van der Waals surface area contributed by atoms with Crippen LogP contribution in [0.25, 0.3) is 0 Å². The Balaban J connectivity index is 1.62. The molecule has 174 valence electrons. The summed E-state index contributed by atoms with van der Waals surface area (Å²) in [5.41, 5.74) is 1.34. The number of oxime groups is 1. The molecule has 0 unspecified atom stereocenters. The monoisotopic (exact) mass is 493 g/mol. The van der Waals surface area contributed by atoms with Crippen molar-refractivity contribution in [2.24, 2.45) is 12.2 Å².